The first-order chi connectivity index (χ1) is 17.0. The van der Waals surface area contributed by atoms with E-state index in [2.05, 4.69) is 42.3 Å². The van der Waals surface area contributed by atoms with Gasteiger partial charge < -0.3 is 15.4 Å². The van der Waals surface area contributed by atoms with Gasteiger partial charge in [0.05, 0.1) is 0 Å². The number of likely N-dealkylation sites (tertiary alicyclic amines) is 1. The van der Waals surface area contributed by atoms with Crippen molar-refractivity contribution in [3.63, 3.8) is 0 Å². The van der Waals surface area contributed by atoms with Gasteiger partial charge >= 0.3 is 51.4 Å². The molecule has 5 nitrogen and oxygen atoms in total. The Morgan fingerprint density at radius 1 is 1.00 bits per heavy atom. The van der Waals surface area contributed by atoms with Crippen LogP contribution in [0.3, 0.4) is 0 Å². The minimum atomic E-state index is -0.0393. The van der Waals surface area contributed by atoms with Crippen LogP contribution in [0.4, 0.5) is 5.82 Å². The van der Waals surface area contributed by atoms with E-state index in [1.807, 2.05) is 44.2 Å². The van der Waals surface area contributed by atoms with Crippen molar-refractivity contribution >= 4 is 22.4 Å². The average molecular weight is 514 g/mol. The number of hydrogen-bond acceptors (Lipinski definition) is 4. The summed E-state index contributed by atoms with van der Waals surface area (Å²) in [4.78, 5) is 19.5. The molecule has 6 heteroatoms. The number of hydrogen-bond donors (Lipinski definition) is 1. The molecule has 2 aromatic carbocycles. The number of Topliss-reactive ketones (excluding diaryl/α,β-unsaturated/α-hetero) is 1. The zero-order valence-corrected chi connectivity index (χ0v) is 25.9. The Hall–Kier alpha value is -1.28. The molecule has 3 aromatic rings. The van der Waals surface area contributed by atoms with Crippen LogP contribution in [0, 0.1) is 5.92 Å². The smallest absolute Gasteiger partial charge is 0.507 e. The number of ketones is 1. The minimum Gasteiger partial charge on any atom is -0.507 e. The molecule has 188 valence electrons. The molecular formula is C30H40KN3O2. The molecule has 1 aromatic heterocycles. The number of carbonyl (C=O) groups excluding carboxylic acids is 1. The molecule has 1 saturated heterocycles. The van der Waals surface area contributed by atoms with Crippen LogP contribution in [0.2, 0.25) is 0 Å². The van der Waals surface area contributed by atoms with E-state index in [-0.39, 0.29) is 81.2 Å². The van der Waals surface area contributed by atoms with Gasteiger partial charge in [-0.05, 0) is 66.4 Å². The minimum absolute atomic E-state index is 0. The number of fused-ring (bicyclic) bond motifs is 1. The molecule has 1 atom stereocenters. The monoisotopic (exact) mass is 513 g/mol. The molecule has 1 fully saturated rings. The van der Waals surface area contributed by atoms with Gasteiger partial charge in [0.1, 0.15) is 11.5 Å². The molecule has 36 heavy (non-hydrogen) atoms. The van der Waals surface area contributed by atoms with Crippen molar-refractivity contribution in [1.29, 1.82) is 0 Å². The van der Waals surface area contributed by atoms with E-state index in [1.165, 1.54) is 25.7 Å². The van der Waals surface area contributed by atoms with E-state index in [0.29, 0.717) is 0 Å². The first-order valence-corrected chi connectivity index (χ1v) is 13.1. The molecule has 1 unspecified atom stereocenters. The van der Waals surface area contributed by atoms with Crippen LogP contribution in [0.1, 0.15) is 65.5 Å². The Labute approximate surface area is 259 Å². The van der Waals surface area contributed by atoms with Crippen molar-refractivity contribution in [2.24, 2.45) is 5.92 Å². The third-order valence-corrected chi connectivity index (χ3v) is 6.51. The maximum Gasteiger partial charge on any atom is 1.00 e. The number of rotatable bonds is 8. The third-order valence-electron chi connectivity index (χ3n) is 6.51. The predicted molar refractivity (Wildman–Crippen MR) is 146 cm³/mol. The molecule has 0 amide bonds. The fourth-order valence-corrected chi connectivity index (χ4v) is 4.26. The molecule has 4 rings (SSSR count). The predicted octanol–water partition coefficient (Wildman–Crippen LogP) is 4.63. The fraction of sp³-hybridized carbons (Fsp3) is 0.467. The number of benzene rings is 2. The zero-order valence-electron chi connectivity index (χ0n) is 22.8. The molecular weight excluding hydrogens is 473 g/mol. The molecule has 1 N–H and O–H groups in total. The van der Waals surface area contributed by atoms with Crippen molar-refractivity contribution < 1.29 is 61.3 Å². The van der Waals surface area contributed by atoms with Gasteiger partial charge in [-0.3, -0.25) is 9.69 Å². The van der Waals surface area contributed by atoms with Gasteiger partial charge in [0.15, 0.2) is 0 Å². The summed E-state index contributed by atoms with van der Waals surface area (Å²) in [5.41, 5.74) is 3.13. The number of piperidine rings is 1. The number of nitrogens with zero attached hydrogens (tertiary/aromatic N) is 3. The summed E-state index contributed by atoms with van der Waals surface area (Å²) in [6.45, 7) is 11.0. The topological polar surface area (TPSA) is 67.5 Å². The van der Waals surface area contributed by atoms with Crippen molar-refractivity contribution in [3.05, 3.63) is 59.5 Å². The van der Waals surface area contributed by atoms with Crippen LogP contribution in [-0.2, 0) is 11.3 Å². The molecule has 0 spiro atoms. The van der Waals surface area contributed by atoms with Crippen molar-refractivity contribution in [1.82, 2.24) is 9.88 Å². The van der Waals surface area contributed by atoms with Gasteiger partial charge in [0.25, 0.3) is 0 Å². The largest absolute Gasteiger partial charge is 1.00 e. The van der Waals surface area contributed by atoms with Gasteiger partial charge in [0, 0.05) is 24.4 Å². The number of carbonyl (C=O) groups is 1. The van der Waals surface area contributed by atoms with Crippen LogP contribution in [0.25, 0.3) is 27.2 Å². The summed E-state index contributed by atoms with van der Waals surface area (Å²) < 4.78 is 0. The Bertz CT molecular complexity index is 1100. The Morgan fingerprint density at radius 2 is 1.67 bits per heavy atom. The molecule has 1 aliphatic rings. The van der Waals surface area contributed by atoms with Gasteiger partial charge in [-0.2, -0.15) is 0 Å². The number of pyridine rings is 1. The summed E-state index contributed by atoms with van der Waals surface area (Å²) >= 11 is 0. The van der Waals surface area contributed by atoms with Crippen molar-refractivity contribution in [2.75, 3.05) is 19.6 Å². The maximum atomic E-state index is 12.3. The quantitative estimate of drug-likeness (QED) is 0.446. The number of aromatic hydroxyl groups is 1. The van der Waals surface area contributed by atoms with Gasteiger partial charge in [-0.25, -0.2) is 0 Å². The summed E-state index contributed by atoms with van der Waals surface area (Å²) in [6.07, 6.45) is 5.71. The van der Waals surface area contributed by atoms with Crippen LogP contribution in [-0.4, -0.2) is 40.4 Å². The first-order valence-electron chi connectivity index (χ1n) is 13.1. The zero-order chi connectivity index (χ0) is 25.2. The van der Waals surface area contributed by atoms with Crippen LogP contribution >= 0.6 is 0 Å². The molecule has 0 aliphatic carbocycles. The van der Waals surface area contributed by atoms with Crippen LogP contribution in [0.5, 0.6) is 5.75 Å². The summed E-state index contributed by atoms with van der Waals surface area (Å²) in [6, 6.07) is 16.3. The normalized spacial score (nSPS) is 14.3. The Kier molecular flexibility index (Phi) is 13.6. The first kappa shape index (κ1) is 30.9. The summed E-state index contributed by atoms with van der Waals surface area (Å²) in [7, 11) is 0. The van der Waals surface area contributed by atoms with E-state index in [4.69, 9.17) is 4.98 Å². The van der Waals surface area contributed by atoms with Gasteiger partial charge in [-0.15, -0.1) is 0 Å². The standard InChI is InChI=1S/C27H32N3O2.C3H8.K/c1-3-19(2)25(31)17-28-27-26(32)22-13-12-21(20-10-6-4-7-11-20)16-23(22)24(29-27)18-30-14-8-5-9-15-30;1-3-2;/h4,6-7,10-13,16,19H,3,5,8-9,14-15,17-18H2,1-2H3,(H-,28,29,32);3H2,1-2H3;/q-1;;+1. The second-order valence-corrected chi connectivity index (χ2v) is 9.49. The van der Waals surface area contributed by atoms with Crippen LogP contribution in [0.15, 0.2) is 48.5 Å². The van der Waals surface area contributed by atoms with Crippen LogP contribution < -0.4 is 51.4 Å². The Morgan fingerprint density at radius 3 is 2.31 bits per heavy atom. The maximum absolute atomic E-state index is 12.3. The second kappa shape index (κ2) is 15.9. The van der Waals surface area contributed by atoms with Gasteiger partial charge in [0.2, 0.25) is 0 Å². The third kappa shape index (κ3) is 8.37. The molecule has 0 bridgehead atoms. The van der Waals surface area contributed by atoms with Crippen molar-refractivity contribution in [3.8, 4) is 16.9 Å². The van der Waals surface area contributed by atoms with Crippen molar-refractivity contribution in [2.45, 2.75) is 66.3 Å². The molecule has 1 aliphatic heterocycles. The van der Waals surface area contributed by atoms with Gasteiger partial charge in [-0.1, -0.05) is 83.0 Å². The Balaban J connectivity index is 0.00000109. The SMILES string of the molecule is CCC.CCC(C)C(=O)C[N-]c1nc(CN2CCCCC2)c2cc(-c3ccccc3)ccc2c1O.[K+]. The number of aromatic nitrogens is 1. The second-order valence-electron chi connectivity index (χ2n) is 9.49. The molecule has 0 saturated carbocycles. The fourth-order valence-electron chi connectivity index (χ4n) is 4.26. The van der Waals surface area contributed by atoms with E-state index < -0.39 is 0 Å². The van der Waals surface area contributed by atoms with E-state index in [9.17, 15) is 9.90 Å². The summed E-state index contributed by atoms with van der Waals surface area (Å²) in [5, 5.41) is 17.1. The molecule has 0 radical (unpaired) electrons. The van der Waals surface area contributed by atoms with E-state index in [0.717, 1.165) is 53.6 Å². The average Bonchev–Trinajstić information content (AvgIpc) is 2.90. The summed E-state index contributed by atoms with van der Waals surface area (Å²) in [5.74, 6) is 0.362. The van der Waals surface area contributed by atoms with E-state index >= 15 is 0 Å². The molecule has 2 heterocycles. The van der Waals surface area contributed by atoms with E-state index in [1.54, 1.807) is 0 Å².